The minimum atomic E-state index is -0.325. The second-order valence-corrected chi connectivity index (χ2v) is 12.7. The van der Waals surface area contributed by atoms with Crippen LogP contribution < -0.4 is 10.5 Å². The Bertz CT molecular complexity index is 1620. The highest BCUT2D eigenvalue weighted by Gasteiger charge is 2.26. The molecule has 238 valence electrons. The summed E-state index contributed by atoms with van der Waals surface area (Å²) in [5.41, 5.74) is 3.96. The third-order valence-electron chi connectivity index (χ3n) is 8.22. The second-order valence-electron chi connectivity index (χ2n) is 12.7. The van der Waals surface area contributed by atoms with Crippen LogP contribution in [-0.2, 0) is 23.0 Å². The summed E-state index contributed by atoms with van der Waals surface area (Å²) in [4.78, 5) is 26.9. The fourth-order valence-corrected chi connectivity index (χ4v) is 5.74. The lowest BCUT2D eigenvalue weighted by Gasteiger charge is -2.33. The number of rotatable bonds is 7. The number of pyridine rings is 2. The van der Waals surface area contributed by atoms with Crippen molar-refractivity contribution in [3.63, 3.8) is 0 Å². The van der Waals surface area contributed by atoms with Crippen LogP contribution in [0.2, 0.25) is 0 Å². The molecule has 0 radical (unpaired) electrons. The lowest BCUT2D eigenvalue weighted by Crippen LogP contribution is -2.37. The molecule has 2 aliphatic rings. The predicted molar refractivity (Wildman–Crippen MR) is 178 cm³/mol. The van der Waals surface area contributed by atoms with E-state index in [1.165, 1.54) is 16.6 Å². The molecular formula is C35H45N7O3. The van der Waals surface area contributed by atoms with E-state index in [0.717, 1.165) is 70.5 Å². The van der Waals surface area contributed by atoms with Crippen LogP contribution in [0.25, 0.3) is 11.0 Å². The van der Waals surface area contributed by atoms with E-state index in [1.807, 2.05) is 44.9 Å². The van der Waals surface area contributed by atoms with Gasteiger partial charge in [-0.25, -0.2) is 4.98 Å². The number of ether oxygens (including phenoxy) is 1. The largest absolute Gasteiger partial charge is 0.390 e. The zero-order chi connectivity index (χ0) is 32.4. The molecule has 3 aromatic rings. The molecule has 0 unspecified atom stereocenters. The molecule has 45 heavy (non-hydrogen) atoms. The quantitative estimate of drug-likeness (QED) is 0.266. The van der Waals surface area contributed by atoms with Crippen LogP contribution in [0.15, 0.2) is 46.3 Å². The number of anilines is 1. The fraction of sp³-hybridized carbons (Fsp3) is 0.514. The summed E-state index contributed by atoms with van der Waals surface area (Å²) in [6.45, 7) is 10.9. The van der Waals surface area contributed by atoms with Gasteiger partial charge in [0.1, 0.15) is 34.5 Å². The maximum Gasteiger partial charge on any atom is 0.270 e. The molecule has 2 fully saturated rings. The molecule has 1 aliphatic heterocycles. The van der Waals surface area contributed by atoms with Crippen molar-refractivity contribution in [1.29, 1.82) is 10.5 Å². The van der Waals surface area contributed by atoms with Gasteiger partial charge < -0.3 is 19.0 Å². The Hall–Kier alpha value is -4.25. The Kier molecular flexibility index (Phi) is 11.7. The van der Waals surface area contributed by atoms with E-state index in [4.69, 9.17) is 14.8 Å². The van der Waals surface area contributed by atoms with Crippen molar-refractivity contribution in [1.82, 2.24) is 14.5 Å². The van der Waals surface area contributed by atoms with E-state index in [2.05, 4.69) is 39.3 Å². The topological polar surface area (TPSA) is 120 Å². The van der Waals surface area contributed by atoms with Gasteiger partial charge >= 0.3 is 0 Å². The van der Waals surface area contributed by atoms with E-state index in [1.54, 1.807) is 25.4 Å². The molecule has 1 aromatic carbocycles. The monoisotopic (exact) mass is 611 g/mol. The first kappa shape index (κ1) is 33.6. The number of oxime groups is 1. The summed E-state index contributed by atoms with van der Waals surface area (Å²) in [6, 6.07) is 16.2. The Morgan fingerprint density at radius 2 is 1.84 bits per heavy atom. The van der Waals surface area contributed by atoms with Crippen molar-refractivity contribution in [2.45, 2.75) is 70.9 Å². The third-order valence-corrected chi connectivity index (χ3v) is 8.22. The van der Waals surface area contributed by atoms with Crippen LogP contribution in [-0.4, -0.2) is 72.2 Å². The van der Waals surface area contributed by atoms with Crippen LogP contribution in [0.1, 0.15) is 75.3 Å². The maximum absolute atomic E-state index is 12.6. The van der Waals surface area contributed by atoms with Crippen LogP contribution >= 0.6 is 0 Å². The van der Waals surface area contributed by atoms with Crippen LogP contribution in [0.3, 0.4) is 0 Å². The summed E-state index contributed by atoms with van der Waals surface area (Å²) < 4.78 is 6.80. The predicted octanol–water partition coefficient (Wildman–Crippen LogP) is 5.16. The molecule has 0 spiro atoms. The van der Waals surface area contributed by atoms with E-state index >= 15 is 0 Å². The standard InChI is InChI=1S/C18H19N5O.C17H26N2O2/c1-22(13-6-4-3-5-7-13)17-14(11-20)18(24)23(2)15-9-8-12(10-19)21-16(15)17;1-17(2,3)21-18-14-16-6-4-5-15(13-16)7-8-19-9-11-20-12-10-19/h8-9,13H,3-7H2,1-2H3;4-6,13-14H,7-12H2,1-3H3/b;18-14+. The summed E-state index contributed by atoms with van der Waals surface area (Å²) in [6.07, 6.45) is 8.44. The number of hydrogen-bond donors (Lipinski definition) is 0. The van der Waals surface area contributed by atoms with Crippen molar-refractivity contribution in [2.75, 3.05) is 44.8 Å². The van der Waals surface area contributed by atoms with Gasteiger partial charge in [-0.2, -0.15) is 10.5 Å². The van der Waals surface area contributed by atoms with Gasteiger partial charge in [-0.15, -0.1) is 0 Å². The molecule has 2 aromatic heterocycles. The molecule has 1 saturated heterocycles. The zero-order valence-corrected chi connectivity index (χ0v) is 27.3. The fourth-order valence-electron chi connectivity index (χ4n) is 5.74. The molecule has 0 atom stereocenters. The molecular weight excluding hydrogens is 566 g/mol. The van der Waals surface area contributed by atoms with Crippen LogP contribution in [0, 0.1) is 22.7 Å². The first-order valence-corrected chi connectivity index (χ1v) is 15.8. The molecule has 0 bridgehead atoms. The maximum atomic E-state index is 12.6. The number of aryl methyl sites for hydroxylation is 1. The van der Waals surface area contributed by atoms with Crippen molar-refractivity contribution >= 4 is 22.9 Å². The summed E-state index contributed by atoms with van der Waals surface area (Å²) in [5, 5.41) is 22.8. The number of fused-ring (bicyclic) bond motifs is 1. The average molecular weight is 612 g/mol. The number of morpholine rings is 1. The third kappa shape index (κ3) is 9.13. The number of hydrogen-bond acceptors (Lipinski definition) is 9. The average Bonchev–Trinajstić information content (AvgIpc) is 3.05. The smallest absolute Gasteiger partial charge is 0.270 e. The van der Waals surface area contributed by atoms with Gasteiger partial charge in [0, 0.05) is 39.8 Å². The summed E-state index contributed by atoms with van der Waals surface area (Å²) in [7, 11) is 3.55. The highest BCUT2D eigenvalue weighted by Crippen LogP contribution is 2.32. The van der Waals surface area contributed by atoms with Gasteiger partial charge in [-0.3, -0.25) is 9.69 Å². The van der Waals surface area contributed by atoms with Crippen LogP contribution in [0.5, 0.6) is 0 Å². The molecule has 10 heteroatoms. The molecule has 5 rings (SSSR count). The van der Waals surface area contributed by atoms with Gasteiger partial charge in [0.05, 0.1) is 30.6 Å². The minimum Gasteiger partial charge on any atom is -0.390 e. The highest BCUT2D eigenvalue weighted by molar-refractivity contribution is 5.92. The van der Waals surface area contributed by atoms with E-state index in [-0.39, 0.29) is 28.5 Å². The van der Waals surface area contributed by atoms with E-state index < -0.39 is 0 Å². The van der Waals surface area contributed by atoms with Gasteiger partial charge in [-0.05, 0) is 63.3 Å². The van der Waals surface area contributed by atoms with E-state index in [0.29, 0.717) is 16.7 Å². The normalized spacial score (nSPS) is 16.1. The second kappa shape index (κ2) is 15.7. The molecule has 0 amide bonds. The van der Waals surface area contributed by atoms with Gasteiger partial charge in [0.2, 0.25) is 0 Å². The summed E-state index contributed by atoms with van der Waals surface area (Å²) >= 11 is 0. The van der Waals surface area contributed by atoms with Crippen molar-refractivity contribution in [3.8, 4) is 12.1 Å². The van der Waals surface area contributed by atoms with Crippen molar-refractivity contribution < 1.29 is 9.57 Å². The molecule has 10 nitrogen and oxygen atoms in total. The van der Waals surface area contributed by atoms with Gasteiger partial charge in [-0.1, -0.05) is 48.7 Å². The Labute approximate surface area is 266 Å². The Morgan fingerprint density at radius 1 is 1.11 bits per heavy atom. The van der Waals surface area contributed by atoms with Gasteiger partial charge in [0.15, 0.2) is 0 Å². The lowest BCUT2D eigenvalue weighted by molar-refractivity contribution is 0.00199. The minimum absolute atomic E-state index is 0.0978. The highest BCUT2D eigenvalue weighted by atomic mass is 16.6. The number of nitriles is 2. The SMILES string of the molecule is CC(C)(C)O/N=C/c1cccc(CCN2CCOCC2)c1.CN(c1c(C#N)c(=O)n(C)c2ccc(C#N)nc12)C1CCCCC1. The summed E-state index contributed by atoms with van der Waals surface area (Å²) in [5.74, 6) is 0. The number of nitrogens with zero attached hydrogens (tertiary/aromatic N) is 7. The number of aromatic nitrogens is 2. The molecule has 1 saturated carbocycles. The van der Waals surface area contributed by atoms with E-state index in [9.17, 15) is 10.1 Å². The number of benzene rings is 1. The Morgan fingerprint density at radius 3 is 2.51 bits per heavy atom. The first-order valence-electron chi connectivity index (χ1n) is 15.8. The van der Waals surface area contributed by atoms with Crippen LogP contribution in [0.4, 0.5) is 5.69 Å². The zero-order valence-electron chi connectivity index (χ0n) is 27.3. The van der Waals surface area contributed by atoms with Gasteiger partial charge in [0.25, 0.3) is 5.56 Å². The lowest BCUT2D eigenvalue weighted by atomic mass is 9.93. The molecule has 0 N–H and O–H groups in total. The Balaban J connectivity index is 0.000000207. The van der Waals surface area contributed by atoms with Crippen molar-refractivity contribution in [2.24, 2.45) is 12.2 Å². The molecule has 3 heterocycles. The van der Waals surface area contributed by atoms with Crippen molar-refractivity contribution in [3.05, 3.63) is 69.1 Å². The first-order chi connectivity index (χ1) is 21.6. The molecule has 1 aliphatic carbocycles.